The number of anilines is 2. The summed E-state index contributed by atoms with van der Waals surface area (Å²) in [5, 5.41) is 14.2. The van der Waals surface area contributed by atoms with Crippen molar-refractivity contribution in [2.75, 3.05) is 5.32 Å². The first-order valence-electron chi connectivity index (χ1n) is 6.21. The lowest BCUT2D eigenvalue weighted by Gasteiger charge is -2.09. The van der Waals surface area contributed by atoms with E-state index in [0.717, 1.165) is 22.3 Å². The normalized spacial score (nSPS) is 10.6. The van der Waals surface area contributed by atoms with Crippen molar-refractivity contribution >= 4 is 22.3 Å². The van der Waals surface area contributed by atoms with E-state index < -0.39 is 0 Å². The van der Waals surface area contributed by atoms with Crippen molar-refractivity contribution in [3.8, 4) is 5.75 Å². The van der Waals surface area contributed by atoms with Gasteiger partial charge >= 0.3 is 0 Å². The van der Waals surface area contributed by atoms with Crippen LogP contribution in [0.4, 0.5) is 11.4 Å². The van der Waals surface area contributed by atoms with Crippen molar-refractivity contribution in [2.45, 2.75) is 6.92 Å². The van der Waals surface area contributed by atoms with Crippen LogP contribution < -0.4 is 10.3 Å². The van der Waals surface area contributed by atoms with E-state index in [1.54, 1.807) is 6.07 Å². The molecule has 0 aliphatic heterocycles. The average molecular weight is 251 g/mol. The van der Waals surface area contributed by atoms with E-state index in [4.69, 9.17) is 0 Å². The fraction of sp³-hybridized carbons (Fsp3) is 0.0625. The summed E-state index contributed by atoms with van der Waals surface area (Å²) >= 11 is 0. The molecule has 1 heterocycles. The smallest absolute Gasteiger partial charge is 0.213 e. The van der Waals surface area contributed by atoms with Crippen molar-refractivity contribution < 1.29 is 10.1 Å². The number of aryl methyl sites for hydroxylation is 1. The first kappa shape index (κ1) is 11.5. The van der Waals surface area contributed by atoms with Crippen LogP contribution in [0.3, 0.4) is 0 Å². The van der Waals surface area contributed by atoms with Crippen LogP contribution in [-0.2, 0) is 0 Å². The molecular weight excluding hydrogens is 236 g/mol. The number of hydrogen-bond donors (Lipinski definition) is 2. The first-order valence-corrected chi connectivity index (χ1v) is 6.21. The molecule has 3 rings (SSSR count). The van der Waals surface area contributed by atoms with Gasteiger partial charge in [0, 0.05) is 19.1 Å². The van der Waals surface area contributed by atoms with Gasteiger partial charge in [-0.15, -0.1) is 0 Å². The highest BCUT2D eigenvalue weighted by Crippen LogP contribution is 2.29. The van der Waals surface area contributed by atoms with Gasteiger partial charge in [-0.05, 0) is 18.2 Å². The van der Waals surface area contributed by atoms with Gasteiger partial charge < -0.3 is 10.4 Å². The lowest BCUT2D eigenvalue weighted by Crippen LogP contribution is -2.09. The number of nitrogens with one attached hydrogen (secondary N) is 2. The molecule has 0 amide bonds. The summed E-state index contributed by atoms with van der Waals surface area (Å²) in [6.07, 6.45) is 0. The maximum Gasteiger partial charge on any atom is 0.213 e. The number of aromatic amines is 1. The van der Waals surface area contributed by atoms with E-state index in [1.807, 2.05) is 55.5 Å². The Hall–Kier alpha value is -2.55. The van der Waals surface area contributed by atoms with Gasteiger partial charge in [-0.2, -0.15) is 0 Å². The molecule has 94 valence electrons. The zero-order chi connectivity index (χ0) is 13.2. The Balaban J connectivity index is 2.13. The summed E-state index contributed by atoms with van der Waals surface area (Å²) in [4.78, 5) is 3.33. The number of H-pyrrole nitrogens is 1. The molecule has 0 aliphatic carbocycles. The van der Waals surface area contributed by atoms with Gasteiger partial charge in [-0.25, -0.2) is 4.98 Å². The Morgan fingerprint density at radius 1 is 0.947 bits per heavy atom. The summed E-state index contributed by atoms with van der Waals surface area (Å²) in [6, 6.07) is 17.4. The van der Waals surface area contributed by atoms with E-state index in [-0.39, 0.29) is 5.75 Å². The van der Waals surface area contributed by atoms with Gasteiger partial charge in [-0.3, -0.25) is 0 Å². The molecule has 1 aromatic heterocycles. The van der Waals surface area contributed by atoms with Crippen LogP contribution in [0.15, 0.2) is 54.6 Å². The average Bonchev–Trinajstić information content (AvgIpc) is 2.41. The molecule has 0 atom stereocenters. The Bertz CT molecular complexity index is 738. The van der Waals surface area contributed by atoms with E-state index in [0.29, 0.717) is 5.69 Å². The van der Waals surface area contributed by atoms with E-state index in [1.165, 1.54) is 0 Å². The molecule has 0 bridgehead atoms. The van der Waals surface area contributed by atoms with E-state index in [2.05, 4.69) is 10.3 Å². The monoisotopic (exact) mass is 251 g/mol. The third-order valence-corrected chi connectivity index (χ3v) is 3.08. The summed E-state index contributed by atoms with van der Waals surface area (Å²) in [6.45, 7) is 2.02. The van der Waals surface area contributed by atoms with Gasteiger partial charge in [0.15, 0.2) is 5.69 Å². The maximum absolute atomic E-state index is 9.84. The van der Waals surface area contributed by atoms with Gasteiger partial charge in [0.1, 0.15) is 5.75 Å². The lowest BCUT2D eigenvalue weighted by atomic mass is 10.1. The number of rotatable bonds is 2. The van der Waals surface area contributed by atoms with Crippen LogP contribution in [0, 0.1) is 6.92 Å². The number of aromatic nitrogens is 1. The Kier molecular flexibility index (Phi) is 2.80. The van der Waals surface area contributed by atoms with E-state index >= 15 is 0 Å². The minimum Gasteiger partial charge on any atom is -0.506 e. The van der Waals surface area contributed by atoms with E-state index in [9.17, 15) is 5.11 Å². The van der Waals surface area contributed by atoms with Crippen molar-refractivity contribution in [3.05, 3.63) is 60.3 Å². The number of phenolic OH excluding ortho intramolecular Hbond substituents is 1. The SMILES string of the molecule is Cc1cc(Nc2ccccc2O)c2ccccc2[nH+]1. The summed E-state index contributed by atoms with van der Waals surface area (Å²) < 4.78 is 0. The van der Waals surface area contributed by atoms with Gasteiger partial charge in [0.25, 0.3) is 0 Å². The minimum atomic E-state index is 0.247. The number of benzene rings is 2. The first-order chi connectivity index (χ1) is 9.24. The minimum absolute atomic E-state index is 0.247. The fourth-order valence-corrected chi connectivity index (χ4v) is 2.20. The molecule has 0 saturated heterocycles. The van der Waals surface area contributed by atoms with Crippen LogP contribution in [0.5, 0.6) is 5.75 Å². The van der Waals surface area contributed by atoms with Crippen molar-refractivity contribution in [3.63, 3.8) is 0 Å². The van der Waals surface area contributed by atoms with Gasteiger partial charge in [0.05, 0.1) is 16.8 Å². The number of aromatic hydroxyl groups is 1. The highest BCUT2D eigenvalue weighted by atomic mass is 16.3. The lowest BCUT2D eigenvalue weighted by molar-refractivity contribution is -0.354. The maximum atomic E-state index is 9.84. The second-order valence-corrected chi connectivity index (χ2v) is 4.55. The quantitative estimate of drug-likeness (QED) is 0.686. The molecular formula is C16H15N2O+. The zero-order valence-electron chi connectivity index (χ0n) is 10.6. The molecule has 0 saturated carbocycles. The summed E-state index contributed by atoms with van der Waals surface area (Å²) in [5.74, 6) is 0.247. The third-order valence-electron chi connectivity index (χ3n) is 3.08. The Labute approximate surface area is 111 Å². The fourth-order valence-electron chi connectivity index (χ4n) is 2.20. The Morgan fingerprint density at radius 3 is 2.53 bits per heavy atom. The van der Waals surface area contributed by atoms with Gasteiger partial charge in [0.2, 0.25) is 5.52 Å². The largest absolute Gasteiger partial charge is 0.506 e. The van der Waals surface area contributed by atoms with Crippen molar-refractivity contribution in [2.24, 2.45) is 0 Å². The molecule has 0 unspecified atom stereocenters. The number of hydrogen-bond acceptors (Lipinski definition) is 2. The zero-order valence-corrected chi connectivity index (χ0v) is 10.6. The standard InChI is InChI=1S/C16H14N2O/c1-11-10-15(12-6-2-3-7-13(12)17-11)18-14-8-4-5-9-16(14)19/h2-10,19H,1H3,(H,17,18)/p+1. The van der Waals surface area contributed by atoms with Crippen molar-refractivity contribution in [1.29, 1.82) is 0 Å². The molecule has 2 aromatic carbocycles. The molecule has 3 heteroatoms. The highest BCUT2D eigenvalue weighted by molar-refractivity contribution is 5.91. The molecule has 19 heavy (non-hydrogen) atoms. The van der Waals surface area contributed by atoms with Crippen LogP contribution >= 0.6 is 0 Å². The molecule has 0 aliphatic rings. The van der Waals surface area contributed by atoms with Crippen LogP contribution in [-0.4, -0.2) is 5.11 Å². The molecule has 3 N–H and O–H groups in total. The second kappa shape index (κ2) is 4.61. The van der Waals surface area contributed by atoms with Gasteiger partial charge in [-0.1, -0.05) is 24.3 Å². The second-order valence-electron chi connectivity index (χ2n) is 4.55. The van der Waals surface area contributed by atoms with Crippen molar-refractivity contribution in [1.82, 2.24) is 0 Å². The molecule has 0 spiro atoms. The van der Waals surface area contributed by atoms with Crippen LogP contribution in [0.2, 0.25) is 0 Å². The van der Waals surface area contributed by atoms with Crippen LogP contribution in [0.25, 0.3) is 10.9 Å². The summed E-state index contributed by atoms with van der Waals surface area (Å²) in [5.41, 5.74) is 3.82. The molecule has 0 fully saturated rings. The number of fused-ring (bicyclic) bond motifs is 1. The summed E-state index contributed by atoms with van der Waals surface area (Å²) in [7, 11) is 0. The van der Waals surface area contributed by atoms with Crippen LogP contribution in [0.1, 0.15) is 5.69 Å². The number of pyridine rings is 1. The predicted molar refractivity (Wildman–Crippen MR) is 76.6 cm³/mol. The third kappa shape index (κ3) is 2.22. The molecule has 3 nitrogen and oxygen atoms in total. The molecule has 3 aromatic rings. The predicted octanol–water partition coefficient (Wildman–Crippen LogP) is 3.41. The topological polar surface area (TPSA) is 46.4 Å². The molecule has 0 radical (unpaired) electrons. The highest BCUT2D eigenvalue weighted by Gasteiger charge is 2.09. The number of phenols is 1. The number of para-hydroxylation sites is 3. The Morgan fingerprint density at radius 2 is 1.68 bits per heavy atom.